The Hall–Kier alpha value is -0.980. The Balaban J connectivity index is 2.16. The van der Waals surface area contributed by atoms with Crippen molar-refractivity contribution in [1.29, 1.82) is 0 Å². The fourth-order valence-corrected chi connectivity index (χ4v) is 36.7. The molecule has 2 unspecified atom stereocenters. The summed E-state index contributed by atoms with van der Waals surface area (Å²) in [6.45, 7) is 16.5. The third-order valence-corrected chi connectivity index (χ3v) is 32.2. The van der Waals surface area contributed by atoms with Crippen LogP contribution in [0.2, 0.25) is 18.5 Å². The normalized spacial score (nSPS) is 24.1. The first-order valence-corrected chi connectivity index (χ1v) is 30.2. The van der Waals surface area contributed by atoms with Gasteiger partial charge in [-0.25, -0.2) is 0 Å². The first-order chi connectivity index (χ1) is 13.4. The molecule has 4 rings (SSSR count). The topological polar surface area (TPSA) is 0 Å². The minimum atomic E-state index is -4.52. The quantitative estimate of drug-likeness (QED) is 0.370. The van der Waals surface area contributed by atoms with Gasteiger partial charge in [0.1, 0.15) is 0 Å². The van der Waals surface area contributed by atoms with Crippen molar-refractivity contribution in [2.75, 3.05) is 0 Å². The van der Waals surface area contributed by atoms with Crippen molar-refractivity contribution in [3.8, 4) is 0 Å². The van der Waals surface area contributed by atoms with Crippen LogP contribution < -0.4 is 0 Å². The van der Waals surface area contributed by atoms with Crippen LogP contribution in [0.4, 0.5) is 0 Å². The van der Waals surface area contributed by atoms with Gasteiger partial charge in [0.05, 0.1) is 0 Å². The second-order valence-electron chi connectivity index (χ2n) is 15.0. The zero-order chi connectivity index (χ0) is 22.5. The summed E-state index contributed by atoms with van der Waals surface area (Å²) >= 11 is -4.52. The van der Waals surface area contributed by atoms with Gasteiger partial charge in [0, 0.05) is 0 Å². The number of rotatable bonds is 2. The van der Waals surface area contributed by atoms with Gasteiger partial charge in [-0.3, -0.25) is 0 Å². The molecule has 2 aromatic rings. The van der Waals surface area contributed by atoms with Crippen molar-refractivity contribution in [3.05, 3.63) is 79.9 Å². The molecule has 0 nitrogen and oxygen atoms in total. The van der Waals surface area contributed by atoms with Gasteiger partial charge in [0.25, 0.3) is 0 Å². The second kappa shape index (κ2) is 5.32. The van der Waals surface area contributed by atoms with Crippen LogP contribution >= 0.6 is 0 Å². The SMILES string of the molecule is CC1=Cc2c(C)ccc(C)c2[CH]1[Zr]([CH3])([CH3])([CH3])([CH3])(=[SiH2])[CH]1C(C)=Cc2c(C)ccc(C)c21. The van der Waals surface area contributed by atoms with E-state index in [4.69, 9.17) is 0 Å². The molecule has 2 aliphatic carbocycles. The molecule has 0 bridgehead atoms. The Morgan fingerprint density at radius 1 is 0.567 bits per heavy atom. The average molecular weight is 496 g/mol. The molecule has 2 aliphatic rings. The molecule has 0 aliphatic heterocycles. The van der Waals surface area contributed by atoms with E-state index in [0.717, 1.165) is 0 Å². The Morgan fingerprint density at radius 2 is 0.867 bits per heavy atom. The van der Waals surface area contributed by atoms with Gasteiger partial charge >= 0.3 is 181 Å². The molecule has 0 saturated heterocycles. The van der Waals surface area contributed by atoms with E-state index in [1.165, 1.54) is 33.4 Å². The number of allylic oxidation sites excluding steroid dienone is 2. The van der Waals surface area contributed by atoms with Crippen molar-refractivity contribution in [1.82, 2.24) is 0 Å². The Kier molecular flexibility index (Phi) is 3.94. The summed E-state index contributed by atoms with van der Waals surface area (Å²) in [7, 11) is 0. The summed E-state index contributed by atoms with van der Waals surface area (Å²) in [5, 5.41) is 0. The van der Waals surface area contributed by atoms with Crippen LogP contribution in [-0.2, 0) is 14.4 Å². The molecular formula is C28H40SiZr. The maximum absolute atomic E-state index is 4.52. The van der Waals surface area contributed by atoms with Crippen LogP contribution in [0.25, 0.3) is 12.2 Å². The van der Waals surface area contributed by atoms with E-state index in [0.29, 0.717) is 7.25 Å². The van der Waals surface area contributed by atoms with Crippen molar-refractivity contribution in [2.24, 2.45) is 0 Å². The van der Waals surface area contributed by atoms with Crippen molar-refractivity contribution >= 4 is 19.0 Å². The predicted octanol–water partition coefficient (Wildman–Crippen LogP) is 8.04. The summed E-state index contributed by atoms with van der Waals surface area (Å²) in [6.07, 6.45) is 5.03. The number of hydrogen-bond acceptors (Lipinski definition) is 0. The van der Waals surface area contributed by atoms with Gasteiger partial charge in [-0.1, -0.05) is 0 Å². The number of benzene rings is 2. The molecule has 2 heteroatoms. The van der Waals surface area contributed by atoms with E-state index in [9.17, 15) is 0 Å². The van der Waals surface area contributed by atoms with Gasteiger partial charge in [0.15, 0.2) is 0 Å². The fraction of sp³-hybridized carbons (Fsp3) is 0.429. The van der Waals surface area contributed by atoms with Crippen LogP contribution in [0.15, 0.2) is 35.4 Å². The minimum absolute atomic E-state index is 0.509. The molecule has 0 saturated carbocycles. The number of fused-ring (bicyclic) bond motifs is 2. The van der Waals surface area contributed by atoms with Crippen LogP contribution in [-0.4, -0.2) is 6.88 Å². The molecule has 0 spiro atoms. The first kappa shape index (κ1) is 22.2. The van der Waals surface area contributed by atoms with Gasteiger partial charge in [0.2, 0.25) is 0 Å². The average Bonchev–Trinajstić information content (AvgIpc) is 3.14. The summed E-state index contributed by atoms with van der Waals surface area (Å²) in [4.78, 5) is 0. The van der Waals surface area contributed by atoms with E-state index < -0.39 is 14.4 Å². The van der Waals surface area contributed by atoms with Crippen LogP contribution in [0.5, 0.6) is 0 Å². The monoisotopic (exact) mass is 494 g/mol. The zero-order valence-electron chi connectivity index (χ0n) is 20.8. The van der Waals surface area contributed by atoms with E-state index in [1.54, 1.807) is 22.3 Å². The van der Waals surface area contributed by atoms with Crippen molar-refractivity contribution in [3.63, 3.8) is 0 Å². The van der Waals surface area contributed by atoms with Crippen LogP contribution in [0.3, 0.4) is 0 Å². The Morgan fingerprint density at radius 3 is 1.20 bits per heavy atom. The van der Waals surface area contributed by atoms with Crippen molar-refractivity contribution in [2.45, 2.75) is 67.3 Å². The second-order valence-corrected chi connectivity index (χ2v) is 75.3. The number of aryl methyl sites for hydroxylation is 4. The molecule has 2 atom stereocenters. The fourth-order valence-electron chi connectivity index (χ4n) is 8.03. The van der Waals surface area contributed by atoms with Gasteiger partial charge < -0.3 is 0 Å². The van der Waals surface area contributed by atoms with Gasteiger partial charge in [-0.15, -0.1) is 0 Å². The zero-order valence-corrected chi connectivity index (χ0v) is 24.7. The molecule has 0 radical (unpaired) electrons. The maximum atomic E-state index is 2.76. The Bertz CT molecular complexity index is 1230. The predicted molar refractivity (Wildman–Crippen MR) is 137 cm³/mol. The molecule has 0 aromatic heterocycles. The molecule has 2 aromatic carbocycles. The summed E-state index contributed by atoms with van der Waals surface area (Å²) in [6, 6.07) is 9.32. The first-order valence-electron chi connectivity index (χ1n) is 11.6. The van der Waals surface area contributed by atoms with E-state index in [2.05, 4.69) is 103 Å². The molecule has 0 amide bonds. The number of hydrogen-bond donors (Lipinski definition) is 0. The molecule has 0 N–H and O–H groups in total. The van der Waals surface area contributed by atoms with Crippen LogP contribution in [0, 0.1) is 27.7 Å². The van der Waals surface area contributed by atoms with Gasteiger partial charge in [-0.05, 0) is 0 Å². The summed E-state index contributed by atoms with van der Waals surface area (Å²) in [5.74, 6) is 0. The molecule has 160 valence electrons. The summed E-state index contributed by atoms with van der Waals surface area (Å²) in [5.41, 5.74) is 15.1. The third kappa shape index (κ3) is 2.79. The van der Waals surface area contributed by atoms with Crippen LogP contribution in [0.1, 0.15) is 65.6 Å². The Labute approximate surface area is 179 Å². The molecular weight excluding hydrogens is 456 g/mol. The molecule has 0 heterocycles. The standard InChI is InChI=1S/2C12H13.4CH3.H2Si.Zr/c2*1-8-6-11-9(2)4-5-10(3)12(11)7-8;;;;;;/h2*4-7H,1-3H3;4*1H3;1H2;. The van der Waals surface area contributed by atoms with E-state index >= 15 is 0 Å². The van der Waals surface area contributed by atoms with E-state index in [1.807, 2.05) is 0 Å². The van der Waals surface area contributed by atoms with Gasteiger partial charge in [-0.2, -0.15) is 0 Å². The summed E-state index contributed by atoms with van der Waals surface area (Å²) < 4.78 is 12.0. The molecule has 0 fully saturated rings. The van der Waals surface area contributed by atoms with E-state index in [-0.39, 0.29) is 0 Å². The molecule has 30 heavy (non-hydrogen) atoms. The third-order valence-electron chi connectivity index (χ3n) is 8.73. The van der Waals surface area contributed by atoms with Crippen molar-refractivity contribution < 1.29 is 14.4 Å².